The molecule has 0 aliphatic rings. The van der Waals surface area contributed by atoms with Gasteiger partial charge in [0.25, 0.3) is 5.56 Å². The van der Waals surface area contributed by atoms with Crippen LogP contribution in [0.5, 0.6) is 0 Å². The molecule has 0 atom stereocenters. The normalized spacial score (nSPS) is 11.7. The van der Waals surface area contributed by atoms with Crippen molar-refractivity contribution >= 4 is 28.4 Å². The molecule has 2 N–H and O–H groups in total. The highest BCUT2D eigenvalue weighted by Crippen LogP contribution is 2.14. The van der Waals surface area contributed by atoms with Crippen LogP contribution in [0.3, 0.4) is 0 Å². The van der Waals surface area contributed by atoms with Gasteiger partial charge in [-0.2, -0.15) is 0 Å². The number of nitrogen functional groups attached to an aromatic ring is 1. The van der Waals surface area contributed by atoms with Crippen molar-refractivity contribution in [2.24, 2.45) is 19.1 Å². The van der Waals surface area contributed by atoms with Gasteiger partial charge >= 0.3 is 5.69 Å². The summed E-state index contributed by atoms with van der Waals surface area (Å²) >= 11 is 5.82. The topological polar surface area (TPSA) is 85.6 Å². The van der Waals surface area contributed by atoms with Crippen LogP contribution in [-0.2, 0) is 14.1 Å². The third kappa shape index (κ3) is 2.33. The predicted molar refractivity (Wildman–Crippen MR) is 68.0 cm³/mol. The highest BCUT2D eigenvalue weighted by molar-refractivity contribution is 6.64. The van der Waals surface area contributed by atoms with Gasteiger partial charge in [0.1, 0.15) is 5.82 Å². The zero-order valence-corrected chi connectivity index (χ0v) is 10.8. The summed E-state index contributed by atoms with van der Waals surface area (Å²) in [5.41, 5.74) is 4.53. The molecule has 1 aromatic rings. The fraction of sp³-hybridized carbons (Fsp3) is 0.444. The maximum absolute atomic E-state index is 11.8. The number of nitrogens with two attached hydrogens (primary N) is 1. The molecule has 7 nitrogen and oxygen atoms in total. The molecular weight excluding hydrogens is 246 g/mol. The lowest BCUT2D eigenvalue weighted by atomic mass is 10.4. The maximum Gasteiger partial charge on any atom is 0.332 e. The van der Waals surface area contributed by atoms with Crippen molar-refractivity contribution in [1.29, 1.82) is 0 Å². The van der Waals surface area contributed by atoms with E-state index >= 15 is 0 Å². The van der Waals surface area contributed by atoms with Crippen molar-refractivity contribution < 1.29 is 0 Å². The number of amidine groups is 1. The average Bonchev–Trinajstić information content (AvgIpc) is 2.29. The van der Waals surface area contributed by atoms with Crippen molar-refractivity contribution in [2.75, 3.05) is 19.8 Å². The number of hydrogen-bond acceptors (Lipinski definition) is 4. The molecule has 0 fully saturated rings. The monoisotopic (exact) mass is 259 g/mol. The third-order valence-corrected chi connectivity index (χ3v) is 2.68. The van der Waals surface area contributed by atoms with E-state index in [0.29, 0.717) is 0 Å². The summed E-state index contributed by atoms with van der Waals surface area (Å²) in [6, 6.07) is 0. The molecule has 1 heterocycles. The van der Waals surface area contributed by atoms with Crippen LogP contribution in [0.15, 0.2) is 14.6 Å². The molecule has 0 aliphatic carbocycles. The molecule has 0 saturated heterocycles. The summed E-state index contributed by atoms with van der Waals surface area (Å²) in [7, 11) is 6.16. The Morgan fingerprint density at radius 3 is 2.29 bits per heavy atom. The molecule has 94 valence electrons. The Bertz CT molecular complexity index is 584. The molecule has 0 spiro atoms. The predicted octanol–water partition coefficient (Wildman–Crippen LogP) is -0.546. The van der Waals surface area contributed by atoms with Crippen LogP contribution < -0.4 is 17.0 Å². The lowest BCUT2D eigenvalue weighted by molar-refractivity contribution is 0.634. The molecule has 0 aliphatic heterocycles. The van der Waals surface area contributed by atoms with Crippen LogP contribution in [0, 0.1) is 0 Å². The molecule has 1 rings (SSSR count). The van der Waals surface area contributed by atoms with Crippen LogP contribution in [0.4, 0.5) is 11.5 Å². The second kappa shape index (κ2) is 4.62. The van der Waals surface area contributed by atoms with Gasteiger partial charge in [0, 0.05) is 28.2 Å². The Balaban J connectivity index is 3.62. The van der Waals surface area contributed by atoms with Gasteiger partial charge in [-0.05, 0) is 11.6 Å². The standard InChI is InChI=1S/C9H14ClN5O2/c1-13(2)8(10)12-5-6(11)14(3)9(17)15(4)7(5)16/h11H2,1-4H3. The molecule has 8 heteroatoms. The van der Waals surface area contributed by atoms with E-state index in [-0.39, 0.29) is 16.8 Å². The largest absolute Gasteiger partial charge is 0.383 e. The SMILES string of the molecule is CN(C)C(Cl)=Nc1c(N)n(C)c(=O)n(C)c1=O. The van der Waals surface area contributed by atoms with Gasteiger partial charge in [-0.3, -0.25) is 13.9 Å². The van der Waals surface area contributed by atoms with Crippen LogP contribution in [0.25, 0.3) is 0 Å². The minimum atomic E-state index is -0.578. The number of rotatable bonds is 1. The number of nitrogens with zero attached hydrogens (tertiary/aromatic N) is 4. The Morgan fingerprint density at radius 2 is 1.82 bits per heavy atom. The van der Waals surface area contributed by atoms with Gasteiger partial charge in [0.2, 0.25) is 0 Å². The van der Waals surface area contributed by atoms with E-state index in [9.17, 15) is 9.59 Å². The quantitative estimate of drug-likeness (QED) is 0.417. The van der Waals surface area contributed by atoms with E-state index in [1.165, 1.54) is 19.0 Å². The minimum Gasteiger partial charge on any atom is -0.383 e. The molecule has 0 bridgehead atoms. The van der Waals surface area contributed by atoms with E-state index < -0.39 is 11.2 Å². The van der Waals surface area contributed by atoms with Gasteiger partial charge in [-0.15, -0.1) is 0 Å². The van der Waals surface area contributed by atoms with Gasteiger partial charge < -0.3 is 10.6 Å². The molecule has 0 radical (unpaired) electrons. The van der Waals surface area contributed by atoms with Crippen molar-refractivity contribution in [2.45, 2.75) is 0 Å². The summed E-state index contributed by atoms with van der Waals surface area (Å²) in [6.45, 7) is 0. The number of aromatic nitrogens is 2. The Hall–Kier alpha value is -1.76. The van der Waals surface area contributed by atoms with Gasteiger partial charge in [0.05, 0.1) is 0 Å². The van der Waals surface area contributed by atoms with E-state index in [2.05, 4.69) is 4.99 Å². The van der Waals surface area contributed by atoms with Crippen LogP contribution in [0.2, 0.25) is 0 Å². The molecular formula is C9H14ClN5O2. The lowest BCUT2D eigenvalue weighted by Crippen LogP contribution is -2.38. The summed E-state index contributed by atoms with van der Waals surface area (Å²) in [5.74, 6) is -0.0156. The van der Waals surface area contributed by atoms with Gasteiger partial charge in [-0.1, -0.05) is 0 Å². The van der Waals surface area contributed by atoms with Gasteiger partial charge in [0.15, 0.2) is 11.0 Å². The van der Waals surface area contributed by atoms with Gasteiger partial charge in [-0.25, -0.2) is 9.79 Å². The fourth-order valence-electron chi connectivity index (χ4n) is 1.14. The highest BCUT2D eigenvalue weighted by Gasteiger charge is 2.13. The second-order valence-corrected chi connectivity index (χ2v) is 4.05. The molecule has 0 unspecified atom stereocenters. The van der Waals surface area contributed by atoms with Crippen LogP contribution in [0.1, 0.15) is 0 Å². The number of anilines is 1. The number of hydrogen-bond donors (Lipinski definition) is 1. The zero-order valence-electron chi connectivity index (χ0n) is 10.1. The molecule has 1 aromatic heterocycles. The van der Waals surface area contributed by atoms with E-state index in [1.807, 2.05) is 0 Å². The zero-order chi connectivity index (χ0) is 13.3. The molecule has 0 saturated carbocycles. The number of aliphatic imine (C=N–C) groups is 1. The Labute approximate surface area is 103 Å². The Kier molecular flexibility index (Phi) is 3.62. The summed E-state index contributed by atoms with van der Waals surface area (Å²) in [5, 5.41) is 0.104. The first-order chi connectivity index (χ1) is 7.77. The van der Waals surface area contributed by atoms with Crippen molar-refractivity contribution in [3.63, 3.8) is 0 Å². The minimum absolute atomic E-state index is 0.0156. The molecule has 17 heavy (non-hydrogen) atoms. The van der Waals surface area contributed by atoms with Crippen molar-refractivity contribution in [1.82, 2.24) is 14.0 Å². The van der Waals surface area contributed by atoms with Crippen molar-refractivity contribution in [3.05, 3.63) is 20.8 Å². The highest BCUT2D eigenvalue weighted by atomic mass is 35.5. The van der Waals surface area contributed by atoms with Crippen LogP contribution in [-0.4, -0.2) is 33.4 Å². The van der Waals surface area contributed by atoms with Crippen molar-refractivity contribution in [3.8, 4) is 0 Å². The third-order valence-electron chi connectivity index (χ3n) is 2.26. The maximum atomic E-state index is 11.8. The van der Waals surface area contributed by atoms with E-state index in [1.54, 1.807) is 14.1 Å². The Morgan fingerprint density at radius 1 is 1.29 bits per heavy atom. The number of halogens is 1. The first-order valence-electron chi connectivity index (χ1n) is 4.74. The second-order valence-electron chi connectivity index (χ2n) is 3.71. The molecule has 0 aromatic carbocycles. The summed E-state index contributed by atoms with van der Waals surface area (Å²) in [6.07, 6.45) is 0. The summed E-state index contributed by atoms with van der Waals surface area (Å²) in [4.78, 5) is 28.8. The molecule has 0 amide bonds. The first kappa shape index (κ1) is 13.3. The first-order valence-corrected chi connectivity index (χ1v) is 5.12. The fourth-order valence-corrected chi connectivity index (χ4v) is 1.22. The summed E-state index contributed by atoms with van der Waals surface area (Å²) < 4.78 is 2.06. The van der Waals surface area contributed by atoms with E-state index in [0.717, 1.165) is 9.13 Å². The van der Waals surface area contributed by atoms with E-state index in [4.69, 9.17) is 17.3 Å². The lowest BCUT2D eigenvalue weighted by Gasteiger charge is -2.11. The van der Waals surface area contributed by atoms with Crippen LogP contribution >= 0.6 is 11.6 Å². The smallest absolute Gasteiger partial charge is 0.332 e. The average molecular weight is 260 g/mol.